The van der Waals surface area contributed by atoms with Crippen molar-refractivity contribution in [1.82, 2.24) is 4.98 Å². The van der Waals surface area contributed by atoms with Crippen molar-refractivity contribution in [1.29, 1.82) is 0 Å². The van der Waals surface area contributed by atoms with E-state index in [1.807, 2.05) is 0 Å². The Morgan fingerprint density at radius 3 is 3.00 bits per heavy atom. The lowest BCUT2D eigenvalue weighted by Gasteiger charge is -2.15. The topological polar surface area (TPSA) is 42.0 Å². The summed E-state index contributed by atoms with van der Waals surface area (Å²) in [5.41, 5.74) is 1.16. The second-order valence-corrected chi connectivity index (χ2v) is 8.09. The summed E-state index contributed by atoms with van der Waals surface area (Å²) in [6, 6.07) is 6.33. The number of hydrogen-bond acceptors (Lipinski definition) is 4. The van der Waals surface area contributed by atoms with E-state index >= 15 is 0 Å². The third-order valence-corrected chi connectivity index (χ3v) is 5.89. The van der Waals surface area contributed by atoms with Gasteiger partial charge < -0.3 is 5.32 Å². The molecule has 0 fully saturated rings. The Morgan fingerprint density at radius 2 is 2.22 bits per heavy atom. The summed E-state index contributed by atoms with van der Waals surface area (Å²) in [5, 5.41) is 3.63. The maximum absolute atomic E-state index is 12.8. The van der Waals surface area contributed by atoms with E-state index in [9.17, 15) is 9.18 Å². The molecule has 3 nitrogen and oxygen atoms in total. The molecule has 122 valence electrons. The molecule has 0 bridgehead atoms. The fraction of sp³-hybridized carbons (Fsp3) is 0.412. The zero-order valence-corrected chi connectivity index (χ0v) is 14.6. The molecule has 6 heteroatoms. The predicted octanol–water partition coefficient (Wildman–Crippen LogP) is 4.53. The Kier molecular flexibility index (Phi) is 5.33. The van der Waals surface area contributed by atoms with E-state index in [-0.39, 0.29) is 11.7 Å². The number of thiazole rings is 1. The number of fused-ring (bicyclic) bond motifs is 1. The number of aryl methyl sites for hydroxylation is 1. The number of hydrogen-bond donors (Lipinski definition) is 1. The number of benzene rings is 1. The first kappa shape index (κ1) is 16.5. The van der Waals surface area contributed by atoms with Gasteiger partial charge in [-0.05, 0) is 49.4 Å². The van der Waals surface area contributed by atoms with Gasteiger partial charge in [0.2, 0.25) is 5.91 Å². The Labute approximate surface area is 143 Å². The van der Waals surface area contributed by atoms with Crippen molar-refractivity contribution < 1.29 is 9.18 Å². The molecular formula is C17H19FN2OS2. The summed E-state index contributed by atoms with van der Waals surface area (Å²) >= 11 is 3.16. The van der Waals surface area contributed by atoms with E-state index in [1.165, 1.54) is 23.4 Å². The molecule has 2 aromatic rings. The SMILES string of the molecule is CC1CCc2nc(NC(=O)CCSc3ccc(F)cc3)sc2C1. The summed E-state index contributed by atoms with van der Waals surface area (Å²) in [6.07, 6.45) is 3.69. The number of rotatable bonds is 5. The second-order valence-electron chi connectivity index (χ2n) is 5.84. The molecule has 1 heterocycles. The molecule has 3 rings (SSSR count). The van der Waals surface area contributed by atoms with Gasteiger partial charge in [0.1, 0.15) is 5.82 Å². The first-order valence-corrected chi connectivity index (χ1v) is 9.57. The van der Waals surface area contributed by atoms with Crippen molar-refractivity contribution in [3.8, 4) is 0 Å². The van der Waals surface area contributed by atoms with E-state index in [4.69, 9.17) is 0 Å². The van der Waals surface area contributed by atoms with E-state index in [0.29, 0.717) is 18.1 Å². The fourth-order valence-corrected chi connectivity index (χ4v) is 4.61. The van der Waals surface area contributed by atoms with Gasteiger partial charge in [-0.2, -0.15) is 0 Å². The normalized spacial score (nSPS) is 16.9. The molecule has 1 atom stereocenters. The third-order valence-electron chi connectivity index (χ3n) is 3.84. The average Bonchev–Trinajstić information content (AvgIpc) is 2.90. The number of carbonyl (C=O) groups excluding carboxylic acids is 1. The molecule has 0 radical (unpaired) electrons. The zero-order chi connectivity index (χ0) is 16.2. The van der Waals surface area contributed by atoms with Gasteiger partial charge >= 0.3 is 0 Å². The van der Waals surface area contributed by atoms with Gasteiger partial charge in [0, 0.05) is 21.9 Å². The Hall–Kier alpha value is -1.40. The van der Waals surface area contributed by atoms with E-state index < -0.39 is 0 Å². The quantitative estimate of drug-likeness (QED) is 0.806. The highest BCUT2D eigenvalue weighted by atomic mass is 32.2. The lowest BCUT2D eigenvalue weighted by atomic mass is 9.93. The Balaban J connectivity index is 1.47. The molecule has 0 saturated heterocycles. The Bertz CT molecular complexity index is 684. The molecule has 1 N–H and O–H groups in total. The predicted molar refractivity (Wildman–Crippen MR) is 93.7 cm³/mol. The highest BCUT2D eigenvalue weighted by Crippen LogP contribution is 2.32. The lowest BCUT2D eigenvalue weighted by Crippen LogP contribution is -2.12. The van der Waals surface area contributed by atoms with Gasteiger partial charge in [-0.25, -0.2) is 9.37 Å². The van der Waals surface area contributed by atoms with Crippen molar-refractivity contribution in [2.75, 3.05) is 11.1 Å². The average molecular weight is 350 g/mol. The van der Waals surface area contributed by atoms with Crippen LogP contribution in [-0.4, -0.2) is 16.6 Å². The van der Waals surface area contributed by atoms with Crippen molar-refractivity contribution in [2.45, 2.75) is 37.5 Å². The number of amides is 1. The number of anilines is 1. The number of carbonyl (C=O) groups is 1. The van der Waals surface area contributed by atoms with Crippen LogP contribution in [0.3, 0.4) is 0 Å². The molecule has 1 amide bonds. The van der Waals surface area contributed by atoms with E-state index in [0.717, 1.165) is 28.6 Å². The van der Waals surface area contributed by atoms with Crippen LogP contribution in [0.1, 0.15) is 30.3 Å². The monoisotopic (exact) mass is 350 g/mol. The molecule has 1 aromatic carbocycles. The molecule has 0 aliphatic heterocycles. The zero-order valence-electron chi connectivity index (χ0n) is 13.0. The van der Waals surface area contributed by atoms with E-state index in [1.54, 1.807) is 35.2 Å². The standard InChI is InChI=1S/C17H19FN2OS2/c1-11-2-7-14-15(10-11)23-17(19-14)20-16(21)8-9-22-13-5-3-12(18)4-6-13/h3-6,11H,2,7-10H2,1H3,(H,19,20,21). The van der Waals surface area contributed by atoms with Gasteiger partial charge in [0.05, 0.1) is 5.69 Å². The van der Waals surface area contributed by atoms with E-state index in [2.05, 4.69) is 17.2 Å². The van der Waals surface area contributed by atoms with Crippen molar-refractivity contribution in [3.63, 3.8) is 0 Å². The van der Waals surface area contributed by atoms with Crippen LogP contribution in [0.25, 0.3) is 0 Å². The van der Waals surface area contributed by atoms with Crippen molar-refractivity contribution in [2.24, 2.45) is 5.92 Å². The summed E-state index contributed by atoms with van der Waals surface area (Å²) in [4.78, 5) is 18.8. The number of nitrogens with zero attached hydrogens (tertiary/aromatic N) is 1. The molecule has 1 unspecified atom stereocenters. The van der Waals surface area contributed by atoms with Crippen molar-refractivity contribution >= 4 is 34.1 Å². The summed E-state index contributed by atoms with van der Waals surface area (Å²) in [7, 11) is 0. The number of halogens is 1. The molecule has 23 heavy (non-hydrogen) atoms. The number of thioether (sulfide) groups is 1. The third kappa shape index (κ3) is 4.54. The van der Waals surface area contributed by atoms with Gasteiger partial charge in [-0.3, -0.25) is 4.79 Å². The number of nitrogens with one attached hydrogen (secondary N) is 1. The molecule has 1 aliphatic carbocycles. The van der Waals surface area contributed by atoms with Crippen LogP contribution in [-0.2, 0) is 17.6 Å². The van der Waals surface area contributed by atoms with Crippen LogP contribution < -0.4 is 5.32 Å². The summed E-state index contributed by atoms with van der Waals surface area (Å²) < 4.78 is 12.8. The minimum Gasteiger partial charge on any atom is -0.302 e. The minimum absolute atomic E-state index is 0.0150. The maximum atomic E-state index is 12.8. The lowest BCUT2D eigenvalue weighted by molar-refractivity contribution is -0.115. The van der Waals surface area contributed by atoms with Gasteiger partial charge in [-0.1, -0.05) is 6.92 Å². The largest absolute Gasteiger partial charge is 0.302 e. The van der Waals surface area contributed by atoms with Gasteiger partial charge in [0.15, 0.2) is 5.13 Å². The summed E-state index contributed by atoms with van der Waals surface area (Å²) in [6.45, 7) is 2.26. The van der Waals surface area contributed by atoms with Crippen LogP contribution in [0.4, 0.5) is 9.52 Å². The van der Waals surface area contributed by atoms with Crippen molar-refractivity contribution in [3.05, 3.63) is 40.7 Å². The van der Waals surface area contributed by atoms with Gasteiger partial charge in [-0.15, -0.1) is 23.1 Å². The highest BCUT2D eigenvalue weighted by molar-refractivity contribution is 7.99. The highest BCUT2D eigenvalue weighted by Gasteiger charge is 2.20. The van der Waals surface area contributed by atoms with Crippen LogP contribution in [0, 0.1) is 11.7 Å². The molecule has 1 aliphatic rings. The second kappa shape index (κ2) is 7.45. The smallest absolute Gasteiger partial charge is 0.226 e. The minimum atomic E-state index is -0.242. The van der Waals surface area contributed by atoms with Gasteiger partial charge in [0.25, 0.3) is 0 Å². The molecule has 0 saturated carbocycles. The number of aromatic nitrogens is 1. The molecule has 0 spiro atoms. The molecular weight excluding hydrogens is 331 g/mol. The van der Waals surface area contributed by atoms with Crippen LogP contribution in [0.15, 0.2) is 29.2 Å². The Morgan fingerprint density at radius 1 is 1.43 bits per heavy atom. The fourth-order valence-electron chi connectivity index (χ4n) is 2.57. The summed E-state index contributed by atoms with van der Waals surface area (Å²) in [5.74, 6) is 1.12. The van der Waals surface area contributed by atoms with Crippen LogP contribution >= 0.6 is 23.1 Å². The van der Waals surface area contributed by atoms with Crippen LogP contribution in [0.2, 0.25) is 0 Å². The molecule has 1 aromatic heterocycles. The first-order chi connectivity index (χ1) is 11.1. The maximum Gasteiger partial charge on any atom is 0.226 e. The first-order valence-electron chi connectivity index (χ1n) is 7.77. The van der Waals surface area contributed by atoms with Crippen LogP contribution in [0.5, 0.6) is 0 Å².